The standard InChI is InChI=1S/C14H10ClN/c15-13-8-6-12(7-9-13)14(10-16)11-4-2-1-3-5-11/h1-9,14H. The van der Waals surface area contributed by atoms with Gasteiger partial charge in [-0.15, -0.1) is 0 Å². The molecule has 2 rings (SSSR count). The molecule has 0 amide bonds. The maximum absolute atomic E-state index is 9.22. The van der Waals surface area contributed by atoms with Gasteiger partial charge in [-0.3, -0.25) is 0 Å². The fraction of sp³-hybridized carbons (Fsp3) is 0.0714. The summed E-state index contributed by atoms with van der Waals surface area (Å²) in [6.07, 6.45) is 0. The lowest BCUT2D eigenvalue weighted by atomic mass is 9.93. The van der Waals surface area contributed by atoms with Crippen LogP contribution in [0.15, 0.2) is 54.6 Å². The zero-order valence-corrected chi connectivity index (χ0v) is 9.35. The summed E-state index contributed by atoms with van der Waals surface area (Å²) in [6, 6.07) is 19.5. The summed E-state index contributed by atoms with van der Waals surface area (Å²) in [7, 11) is 0. The molecule has 1 unspecified atom stereocenters. The summed E-state index contributed by atoms with van der Waals surface area (Å²) in [5.74, 6) is -0.224. The molecule has 16 heavy (non-hydrogen) atoms. The number of halogens is 1. The van der Waals surface area contributed by atoms with Crippen molar-refractivity contribution in [3.63, 3.8) is 0 Å². The molecule has 0 radical (unpaired) electrons. The highest BCUT2D eigenvalue weighted by atomic mass is 35.5. The maximum Gasteiger partial charge on any atom is 0.0962 e. The smallest absolute Gasteiger partial charge is 0.0962 e. The molecular weight excluding hydrogens is 218 g/mol. The summed E-state index contributed by atoms with van der Waals surface area (Å²) in [5, 5.41) is 9.91. The molecule has 1 atom stereocenters. The van der Waals surface area contributed by atoms with E-state index in [2.05, 4.69) is 6.07 Å². The summed E-state index contributed by atoms with van der Waals surface area (Å²) in [6.45, 7) is 0. The molecule has 0 aromatic heterocycles. The maximum atomic E-state index is 9.22. The highest BCUT2D eigenvalue weighted by Gasteiger charge is 2.12. The van der Waals surface area contributed by atoms with Crippen LogP contribution in [0, 0.1) is 11.3 Å². The molecule has 0 aliphatic carbocycles. The van der Waals surface area contributed by atoms with Crippen molar-refractivity contribution in [2.75, 3.05) is 0 Å². The van der Waals surface area contributed by atoms with Gasteiger partial charge < -0.3 is 0 Å². The molecule has 0 spiro atoms. The van der Waals surface area contributed by atoms with Crippen molar-refractivity contribution in [2.45, 2.75) is 5.92 Å². The molecule has 0 aliphatic heterocycles. The van der Waals surface area contributed by atoms with Crippen LogP contribution in [0.1, 0.15) is 17.0 Å². The normalized spacial score (nSPS) is 11.8. The minimum absolute atomic E-state index is 0.224. The van der Waals surface area contributed by atoms with Crippen molar-refractivity contribution in [2.24, 2.45) is 0 Å². The highest BCUT2D eigenvalue weighted by molar-refractivity contribution is 6.30. The number of nitriles is 1. The Labute approximate surface area is 99.9 Å². The summed E-state index contributed by atoms with van der Waals surface area (Å²) >= 11 is 5.82. The van der Waals surface area contributed by atoms with E-state index in [1.807, 2.05) is 54.6 Å². The number of rotatable bonds is 2. The zero-order valence-electron chi connectivity index (χ0n) is 8.60. The lowest BCUT2D eigenvalue weighted by Gasteiger charge is -2.09. The minimum Gasteiger partial charge on any atom is -0.197 e. The first kappa shape index (κ1) is 10.7. The summed E-state index contributed by atoms with van der Waals surface area (Å²) < 4.78 is 0. The van der Waals surface area contributed by atoms with Gasteiger partial charge in [-0.1, -0.05) is 54.1 Å². The fourth-order valence-corrected chi connectivity index (χ4v) is 1.77. The number of hydrogen-bond acceptors (Lipinski definition) is 1. The Morgan fingerprint density at radius 2 is 1.44 bits per heavy atom. The van der Waals surface area contributed by atoms with Crippen LogP contribution in [0.4, 0.5) is 0 Å². The van der Waals surface area contributed by atoms with Crippen molar-refractivity contribution in [1.82, 2.24) is 0 Å². The fourth-order valence-electron chi connectivity index (χ4n) is 1.64. The van der Waals surface area contributed by atoms with Gasteiger partial charge in [0.15, 0.2) is 0 Å². The van der Waals surface area contributed by atoms with E-state index >= 15 is 0 Å². The van der Waals surface area contributed by atoms with Crippen LogP contribution in [0.5, 0.6) is 0 Å². The van der Waals surface area contributed by atoms with E-state index in [4.69, 9.17) is 11.6 Å². The lowest BCUT2D eigenvalue weighted by molar-refractivity contribution is 1.04. The van der Waals surface area contributed by atoms with Crippen LogP contribution in [-0.2, 0) is 0 Å². The van der Waals surface area contributed by atoms with Crippen LogP contribution in [0.3, 0.4) is 0 Å². The first-order valence-corrected chi connectivity index (χ1v) is 5.39. The van der Waals surface area contributed by atoms with Crippen LogP contribution in [0.25, 0.3) is 0 Å². The van der Waals surface area contributed by atoms with Gasteiger partial charge in [-0.2, -0.15) is 5.26 Å². The third-order valence-corrected chi connectivity index (χ3v) is 2.72. The number of nitrogens with zero attached hydrogens (tertiary/aromatic N) is 1. The Balaban J connectivity index is 2.38. The van der Waals surface area contributed by atoms with Gasteiger partial charge in [0.1, 0.15) is 0 Å². The third-order valence-electron chi connectivity index (χ3n) is 2.47. The quantitative estimate of drug-likeness (QED) is 0.761. The van der Waals surface area contributed by atoms with Crippen LogP contribution in [0.2, 0.25) is 5.02 Å². The van der Waals surface area contributed by atoms with E-state index in [1.54, 1.807) is 0 Å². The van der Waals surface area contributed by atoms with Gasteiger partial charge in [-0.25, -0.2) is 0 Å². The third kappa shape index (κ3) is 2.24. The molecule has 2 aromatic carbocycles. The van der Waals surface area contributed by atoms with E-state index in [0.29, 0.717) is 5.02 Å². The van der Waals surface area contributed by atoms with Gasteiger partial charge in [-0.05, 0) is 23.3 Å². The first-order valence-electron chi connectivity index (χ1n) is 5.01. The monoisotopic (exact) mass is 227 g/mol. The van der Waals surface area contributed by atoms with Gasteiger partial charge in [0.2, 0.25) is 0 Å². The molecule has 0 saturated heterocycles. The number of hydrogen-bond donors (Lipinski definition) is 0. The van der Waals surface area contributed by atoms with Crippen LogP contribution >= 0.6 is 11.6 Å². The zero-order chi connectivity index (χ0) is 11.4. The van der Waals surface area contributed by atoms with Crippen molar-refractivity contribution >= 4 is 11.6 Å². The molecular formula is C14H10ClN. The topological polar surface area (TPSA) is 23.8 Å². The predicted molar refractivity (Wildman–Crippen MR) is 65.4 cm³/mol. The van der Waals surface area contributed by atoms with E-state index in [0.717, 1.165) is 11.1 Å². The highest BCUT2D eigenvalue weighted by Crippen LogP contribution is 2.24. The van der Waals surface area contributed by atoms with E-state index < -0.39 is 0 Å². The van der Waals surface area contributed by atoms with Gasteiger partial charge in [0.25, 0.3) is 0 Å². The second-order valence-electron chi connectivity index (χ2n) is 3.52. The molecule has 0 aliphatic rings. The average Bonchev–Trinajstić information content (AvgIpc) is 2.34. The average molecular weight is 228 g/mol. The first-order chi connectivity index (χ1) is 7.81. The van der Waals surface area contributed by atoms with Gasteiger partial charge in [0, 0.05) is 5.02 Å². The second-order valence-corrected chi connectivity index (χ2v) is 3.96. The molecule has 0 heterocycles. The van der Waals surface area contributed by atoms with Crippen molar-refractivity contribution in [3.05, 3.63) is 70.7 Å². The molecule has 0 N–H and O–H groups in total. The molecule has 0 saturated carbocycles. The predicted octanol–water partition coefficient (Wildman–Crippen LogP) is 4.00. The van der Waals surface area contributed by atoms with Crippen LogP contribution in [-0.4, -0.2) is 0 Å². The summed E-state index contributed by atoms with van der Waals surface area (Å²) in [5.41, 5.74) is 1.98. The van der Waals surface area contributed by atoms with Crippen LogP contribution < -0.4 is 0 Å². The van der Waals surface area contributed by atoms with Gasteiger partial charge >= 0.3 is 0 Å². The largest absolute Gasteiger partial charge is 0.197 e. The Morgan fingerprint density at radius 1 is 0.875 bits per heavy atom. The van der Waals surface area contributed by atoms with Crippen molar-refractivity contribution < 1.29 is 0 Å². The van der Waals surface area contributed by atoms with Gasteiger partial charge in [0.05, 0.1) is 12.0 Å². The SMILES string of the molecule is N#CC(c1ccccc1)c1ccc(Cl)cc1. The van der Waals surface area contributed by atoms with Crippen molar-refractivity contribution in [3.8, 4) is 6.07 Å². The number of benzene rings is 2. The molecule has 0 bridgehead atoms. The van der Waals surface area contributed by atoms with E-state index in [1.165, 1.54) is 0 Å². The Bertz CT molecular complexity index is 497. The molecule has 0 fully saturated rings. The lowest BCUT2D eigenvalue weighted by Crippen LogP contribution is -1.97. The van der Waals surface area contributed by atoms with E-state index in [9.17, 15) is 5.26 Å². The Morgan fingerprint density at radius 3 is 2.00 bits per heavy atom. The van der Waals surface area contributed by atoms with E-state index in [-0.39, 0.29) is 5.92 Å². The molecule has 2 heteroatoms. The van der Waals surface area contributed by atoms with Crippen molar-refractivity contribution in [1.29, 1.82) is 5.26 Å². The molecule has 1 nitrogen and oxygen atoms in total. The molecule has 78 valence electrons. The minimum atomic E-state index is -0.224. The summed E-state index contributed by atoms with van der Waals surface area (Å²) in [4.78, 5) is 0. The molecule has 2 aromatic rings. The second kappa shape index (κ2) is 4.83. The Kier molecular flexibility index (Phi) is 3.24. The Hall–Kier alpha value is -1.78.